The molecule has 1 aliphatic heterocycles. The minimum atomic E-state index is -0.103. The summed E-state index contributed by atoms with van der Waals surface area (Å²) >= 11 is 7.62. The van der Waals surface area contributed by atoms with Crippen molar-refractivity contribution in [1.82, 2.24) is 15.6 Å². The summed E-state index contributed by atoms with van der Waals surface area (Å²) in [6.07, 6.45) is 0.953. The maximum atomic E-state index is 12.4. The number of rotatable bonds is 3. The molecule has 2 N–H and O–H groups in total. The first-order valence-corrected chi connectivity index (χ1v) is 8.63. The summed E-state index contributed by atoms with van der Waals surface area (Å²) in [4.78, 5) is 16.8. The quantitative estimate of drug-likeness (QED) is 0.905. The summed E-state index contributed by atoms with van der Waals surface area (Å²) in [6, 6.07) is 7.75. The first-order chi connectivity index (χ1) is 10.6. The number of nitrogens with zero attached hydrogens (tertiary/aromatic N) is 1. The molecular formula is C16H18ClN3OS. The standard InChI is InChI=1S/C16H18ClN3OS/c1-10-8-18-7-6-13(10)19-15(21)14-9-22-16(20-14)11-4-2-3-5-12(11)17/h2-5,9-10,13,18H,6-8H2,1H3,(H,19,21). The van der Waals surface area contributed by atoms with Gasteiger partial charge in [0.25, 0.3) is 5.91 Å². The molecule has 0 spiro atoms. The number of amides is 1. The Morgan fingerprint density at radius 1 is 1.45 bits per heavy atom. The summed E-state index contributed by atoms with van der Waals surface area (Å²) in [6.45, 7) is 4.03. The Morgan fingerprint density at radius 3 is 3.05 bits per heavy atom. The number of aromatic nitrogens is 1. The molecule has 116 valence electrons. The highest BCUT2D eigenvalue weighted by molar-refractivity contribution is 7.13. The zero-order chi connectivity index (χ0) is 15.5. The van der Waals surface area contributed by atoms with Crippen LogP contribution in [0, 0.1) is 5.92 Å². The van der Waals surface area contributed by atoms with Gasteiger partial charge in [0.1, 0.15) is 10.7 Å². The van der Waals surface area contributed by atoms with Crippen LogP contribution in [-0.2, 0) is 0 Å². The lowest BCUT2D eigenvalue weighted by Gasteiger charge is -2.29. The maximum Gasteiger partial charge on any atom is 0.271 e. The van der Waals surface area contributed by atoms with Gasteiger partial charge in [-0.2, -0.15) is 0 Å². The number of thiazole rings is 1. The molecule has 22 heavy (non-hydrogen) atoms. The minimum absolute atomic E-state index is 0.103. The normalized spacial score (nSPS) is 21.5. The van der Waals surface area contributed by atoms with Crippen LogP contribution in [0.5, 0.6) is 0 Å². The molecule has 4 nitrogen and oxygen atoms in total. The van der Waals surface area contributed by atoms with Crippen molar-refractivity contribution in [2.75, 3.05) is 13.1 Å². The van der Waals surface area contributed by atoms with Crippen molar-refractivity contribution in [3.63, 3.8) is 0 Å². The molecule has 1 aliphatic rings. The Bertz CT molecular complexity index is 673. The van der Waals surface area contributed by atoms with Gasteiger partial charge in [-0.05, 0) is 31.5 Å². The van der Waals surface area contributed by atoms with Gasteiger partial charge in [0.05, 0.1) is 5.02 Å². The number of carbonyl (C=O) groups excluding carboxylic acids is 1. The predicted octanol–water partition coefficient (Wildman–Crippen LogP) is 3.19. The molecule has 0 saturated carbocycles. The monoisotopic (exact) mass is 335 g/mol. The van der Waals surface area contributed by atoms with Crippen LogP contribution < -0.4 is 10.6 Å². The summed E-state index contributed by atoms with van der Waals surface area (Å²) in [5.41, 5.74) is 1.33. The Morgan fingerprint density at radius 2 is 2.27 bits per heavy atom. The number of hydrogen-bond acceptors (Lipinski definition) is 4. The predicted molar refractivity (Wildman–Crippen MR) is 90.5 cm³/mol. The molecule has 1 aromatic heterocycles. The van der Waals surface area contributed by atoms with E-state index in [4.69, 9.17) is 11.6 Å². The van der Waals surface area contributed by atoms with Crippen molar-refractivity contribution in [2.24, 2.45) is 5.92 Å². The summed E-state index contributed by atoms with van der Waals surface area (Å²) in [5, 5.41) is 9.64. The van der Waals surface area contributed by atoms with E-state index in [1.54, 1.807) is 5.38 Å². The molecule has 0 radical (unpaired) electrons. The van der Waals surface area contributed by atoms with Crippen molar-refractivity contribution in [3.8, 4) is 10.6 Å². The third-order valence-corrected chi connectivity index (χ3v) is 5.15. The van der Waals surface area contributed by atoms with Gasteiger partial charge in [-0.25, -0.2) is 4.98 Å². The fraction of sp³-hybridized carbons (Fsp3) is 0.375. The highest BCUT2D eigenvalue weighted by atomic mass is 35.5. The van der Waals surface area contributed by atoms with E-state index in [1.807, 2.05) is 24.3 Å². The van der Waals surface area contributed by atoms with E-state index >= 15 is 0 Å². The second-order valence-electron chi connectivity index (χ2n) is 5.57. The van der Waals surface area contributed by atoms with Crippen LogP contribution in [-0.4, -0.2) is 30.0 Å². The molecule has 2 aromatic rings. The molecule has 0 bridgehead atoms. The lowest BCUT2D eigenvalue weighted by atomic mass is 9.95. The molecule has 6 heteroatoms. The molecule has 2 unspecified atom stereocenters. The van der Waals surface area contributed by atoms with E-state index < -0.39 is 0 Å². The Hall–Kier alpha value is -1.43. The first-order valence-electron chi connectivity index (χ1n) is 7.37. The van der Waals surface area contributed by atoms with Crippen LogP contribution in [0.25, 0.3) is 10.6 Å². The van der Waals surface area contributed by atoms with Gasteiger partial charge in [-0.3, -0.25) is 4.79 Å². The second kappa shape index (κ2) is 6.77. The van der Waals surface area contributed by atoms with E-state index in [1.165, 1.54) is 11.3 Å². The molecule has 3 rings (SSSR count). The number of carbonyl (C=O) groups is 1. The van der Waals surface area contributed by atoms with Crippen LogP contribution in [0.2, 0.25) is 5.02 Å². The van der Waals surface area contributed by atoms with Crippen LogP contribution in [0.15, 0.2) is 29.6 Å². The average molecular weight is 336 g/mol. The Kier molecular flexibility index (Phi) is 4.76. The highest BCUT2D eigenvalue weighted by Crippen LogP contribution is 2.30. The van der Waals surface area contributed by atoms with Gasteiger partial charge in [0.15, 0.2) is 0 Å². The minimum Gasteiger partial charge on any atom is -0.348 e. The Balaban J connectivity index is 1.73. The third-order valence-electron chi connectivity index (χ3n) is 3.94. The molecule has 1 fully saturated rings. The first kappa shape index (κ1) is 15.5. The van der Waals surface area contributed by atoms with Crippen molar-refractivity contribution < 1.29 is 4.79 Å². The van der Waals surface area contributed by atoms with E-state index in [0.717, 1.165) is 30.1 Å². The lowest BCUT2D eigenvalue weighted by Crippen LogP contribution is -2.48. The van der Waals surface area contributed by atoms with Crippen LogP contribution in [0.1, 0.15) is 23.8 Å². The van der Waals surface area contributed by atoms with Gasteiger partial charge >= 0.3 is 0 Å². The SMILES string of the molecule is CC1CNCCC1NC(=O)c1csc(-c2ccccc2Cl)n1. The second-order valence-corrected chi connectivity index (χ2v) is 6.83. The molecule has 0 aliphatic carbocycles. The zero-order valence-electron chi connectivity index (χ0n) is 12.3. The van der Waals surface area contributed by atoms with Crippen LogP contribution in [0.3, 0.4) is 0 Å². The van der Waals surface area contributed by atoms with E-state index in [2.05, 4.69) is 22.5 Å². The van der Waals surface area contributed by atoms with Crippen molar-refractivity contribution >= 4 is 28.8 Å². The maximum absolute atomic E-state index is 12.4. The average Bonchev–Trinajstić information content (AvgIpc) is 3.00. The topological polar surface area (TPSA) is 54.0 Å². The van der Waals surface area contributed by atoms with Crippen molar-refractivity contribution in [1.29, 1.82) is 0 Å². The number of piperidine rings is 1. The molecule has 1 amide bonds. The molecule has 1 saturated heterocycles. The summed E-state index contributed by atoms with van der Waals surface area (Å²) in [5.74, 6) is 0.327. The zero-order valence-corrected chi connectivity index (χ0v) is 13.9. The van der Waals surface area contributed by atoms with Gasteiger partial charge in [0, 0.05) is 17.0 Å². The smallest absolute Gasteiger partial charge is 0.271 e. The Labute approximate surface area is 138 Å². The lowest BCUT2D eigenvalue weighted by molar-refractivity contribution is 0.0910. The van der Waals surface area contributed by atoms with E-state index in [9.17, 15) is 4.79 Å². The fourth-order valence-corrected chi connectivity index (χ4v) is 3.73. The number of hydrogen-bond donors (Lipinski definition) is 2. The van der Waals surface area contributed by atoms with Crippen LogP contribution in [0.4, 0.5) is 0 Å². The highest BCUT2D eigenvalue weighted by Gasteiger charge is 2.24. The van der Waals surface area contributed by atoms with E-state index in [-0.39, 0.29) is 11.9 Å². The number of halogens is 1. The summed E-state index contributed by atoms with van der Waals surface area (Å²) < 4.78 is 0. The largest absolute Gasteiger partial charge is 0.348 e. The summed E-state index contributed by atoms with van der Waals surface area (Å²) in [7, 11) is 0. The van der Waals surface area contributed by atoms with E-state index in [0.29, 0.717) is 16.6 Å². The molecule has 2 heterocycles. The third kappa shape index (κ3) is 3.32. The number of benzene rings is 1. The number of nitrogens with one attached hydrogen (secondary N) is 2. The van der Waals surface area contributed by atoms with Gasteiger partial charge < -0.3 is 10.6 Å². The van der Waals surface area contributed by atoms with Gasteiger partial charge in [-0.15, -0.1) is 11.3 Å². The fourth-order valence-electron chi connectivity index (χ4n) is 2.61. The van der Waals surface area contributed by atoms with Crippen LogP contribution >= 0.6 is 22.9 Å². The van der Waals surface area contributed by atoms with Crippen molar-refractivity contribution in [3.05, 3.63) is 40.4 Å². The molecule has 2 atom stereocenters. The van der Waals surface area contributed by atoms with Gasteiger partial charge in [0.2, 0.25) is 0 Å². The molecular weight excluding hydrogens is 318 g/mol. The van der Waals surface area contributed by atoms with Gasteiger partial charge in [-0.1, -0.05) is 36.7 Å². The van der Waals surface area contributed by atoms with Crippen molar-refractivity contribution in [2.45, 2.75) is 19.4 Å². The molecule has 1 aromatic carbocycles.